The van der Waals surface area contributed by atoms with Gasteiger partial charge >= 0.3 is 0 Å². The van der Waals surface area contributed by atoms with E-state index in [0.29, 0.717) is 24.3 Å². The minimum Gasteiger partial charge on any atom is -0.497 e. The Morgan fingerprint density at radius 3 is 2.86 bits per heavy atom. The lowest BCUT2D eigenvalue weighted by Gasteiger charge is -2.31. The Bertz CT molecular complexity index is 1030. The van der Waals surface area contributed by atoms with Crippen LogP contribution >= 0.6 is 23.1 Å². The van der Waals surface area contributed by atoms with Gasteiger partial charge in [0.15, 0.2) is 4.80 Å². The molecule has 0 radical (unpaired) electrons. The SMILES string of the molecule is COc1ccc2sc(=NC(=O)C3CCCCN3S(C)(=O)=O)n(CCSC)c2c1. The first kappa shape index (κ1) is 21.4. The lowest BCUT2D eigenvalue weighted by Crippen LogP contribution is -2.47. The van der Waals surface area contributed by atoms with Gasteiger partial charge in [0, 0.05) is 24.9 Å². The van der Waals surface area contributed by atoms with E-state index in [1.54, 1.807) is 18.9 Å². The number of carbonyl (C=O) groups is 1. The van der Waals surface area contributed by atoms with Crippen molar-refractivity contribution in [3.05, 3.63) is 23.0 Å². The number of fused-ring (bicyclic) bond motifs is 1. The predicted octanol–water partition coefficient (Wildman–Crippen LogP) is 2.32. The number of methoxy groups -OCH3 is 1. The van der Waals surface area contributed by atoms with E-state index < -0.39 is 16.1 Å². The summed E-state index contributed by atoms with van der Waals surface area (Å²) in [4.78, 5) is 17.9. The van der Waals surface area contributed by atoms with Crippen molar-refractivity contribution < 1.29 is 17.9 Å². The van der Waals surface area contributed by atoms with Crippen molar-refractivity contribution >= 4 is 49.2 Å². The number of piperidine rings is 1. The van der Waals surface area contributed by atoms with Gasteiger partial charge in [0.05, 0.1) is 23.6 Å². The number of thioether (sulfide) groups is 1. The highest BCUT2D eigenvalue weighted by molar-refractivity contribution is 7.98. The van der Waals surface area contributed by atoms with E-state index in [1.165, 1.54) is 15.6 Å². The Kier molecular flexibility index (Phi) is 6.85. The van der Waals surface area contributed by atoms with Crippen molar-refractivity contribution in [3.63, 3.8) is 0 Å². The van der Waals surface area contributed by atoms with Gasteiger partial charge in [0.25, 0.3) is 5.91 Å². The standard InChI is InChI=1S/C18H25N3O4S3/c1-25-13-7-8-16-15(12-13)20(10-11-26-2)18(27-16)19-17(22)14-6-4-5-9-21(14)28(3,23)24/h7-8,12,14H,4-6,9-11H2,1-3H3. The number of sulfonamides is 1. The van der Waals surface area contributed by atoms with Crippen LogP contribution in [-0.2, 0) is 21.4 Å². The van der Waals surface area contributed by atoms with E-state index >= 15 is 0 Å². The van der Waals surface area contributed by atoms with Gasteiger partial charge in [0.1, 0.15) is 11.8 Å². The molecule has 0 N–H and O–H groups in total. The number of thiazole rings is 1. The fraction of sp³-hybridized carbons (Fsp3) is 0.556. The Balaban J connectivity index is 2.05. The number of carbonyl (C=O) groups excluding carboxylic acids is 1. The van der Waals surface area contributed by atoms with Crippen LogP contribution in [0, 0.1) is 0 Å². The molecule has 1 aliphatic rings. The summed E-state index contributed by atoms with van der Waals surface area (Å²) < 4.78 is 33.8. The summed E-state index contributed by atoms with van der Waals surface area (Å²) in [6, 6.07) is 5.08. The van der Waals surface area contributed by atoms with Gasteiger partial charge in [-0.15, -0.1) is 0 Å². The maximum absolute atomic E-state index is 12.9. The summed E-state index contributed by atoms with van der Waals surface area (Å²) >= 11 is 3.15. The molecule has 1 amide bonds. The third-order valence-electron chi connectivity index (χ3n) is 4.78. The smallest absolute Gasteiger partial charge is 0.266 e. The van der Waals surface area contributed by atoms with Gasteiger partial charge < -0.3 is 9.30 Å². The molecule has 28 heavy (non-hydrogen) atoms. The van der Waals surface area contributed by atoms with Crippen LogP contribution in [-0.4, -0.2) is 61.2 Å². The van der Waals surface area contributed by atoms with Gasteiger partial charge in [-0.05, 0) is 31.2 Å². The molecule has 3 rings (SSSR count). The van der Waals surface area contributed by atoms with Crippen molar-refractivity contribution in [1.82, 2.24) is 8.87 Å². The molecule has 2 heterocycles. The van der Waals surface area contributed by atoms with Crippen LogP contribution in [0.2, 0.25) is 0 Å². The summed E-state index contributed by atoms with van der Waals surface area (Å²) in [5.41, 5.74) is 0.966. The third kappa shape index (κ3) is 4.61. The number of aryl methyl sites for hydroxylation is 1. The second-order valence-electron chi connectivity index (χ2n) is 6.70. The van der Waals surface area contributed by atoms with Gasteiger partial charge in [-0.2, -0.15) is 21.1 Å². The highest BCUT2D eigenvalue weighted by Gasteiger charge is 2.34. The van der Waals surface area contributed by atoms with E-state index in [0.717, 1.165) is 40.8 Å². The van der Waals surface area contributed by atoms with Gasteiger partial charge in [-0.25, -0.2) is 8.42 Å². The van der Waals surface area contributed by atoms with Gasteiger partial charge in [-0.3, -0.25) is 4.79 Å². The predicted molar refractivity (Wildman–Crippen MR) is 115 cm³/mol. The first-order chi connectivity index (χ1) is 13.3. The fourth-order valence-corrected chi connectivity index (χ4v) is 5.90. The molecule has 0 bridgehead atoms. The number of benzene rings is 1. The molecule has 0 spiro atoms. The highest BCUT2D eigenvalue weighted by atomic mass is 32.2. The molecule has 1 unspecified atom stereocenters. The first-order valence-corrected chi connectivity index (χ1v) is 13.1. The molecule has 1 aromatic heterocycles. The summed E-state index contributed by atoms with van der Waals surface area (Å²) in [6.07, 6.45) is 5.30. The quantitative estimate of drug-likeness (QED) is 0.684. The number of hydrogen-bond donors (Lipinski definition) is 0. The zero-order valence-corrected chi connectivity index (χ0v) is 18.7. The maximum Gasteiger partial charge on any atom is 0.266 e. The van der Waals surface area contributed by atoms with E-state index in [9.17, 15) is 13.2 Å². The fourth-order valence-electron chi connectivity index (χ4n) is 3.38. The Hall–Kier alpha value is -1.36. The lowest BCUT2D eigenvalue weighted by atomic mass is 10.0. The number of hydrogen-bond acceptors (Lipinski definition) is 6. The van der Waals surface area contributed by atoms with E-state index in [4.69, 9.17) is 4.74 Å². The van der Waals surface area contributed by atoms with Crippen LogP contribution in [0.15, 0.2) is 23.2 Å². The third-order valence-corrected chi connectivity index (χ3v) is 7.72. The van der Waals surface area contributed by atoms with Crippen LogP contribution in [0.25, 0.3) is 10.2 Å². The molecule has 1 aliphatic heterocycles. The lowest BCUT2D eigenvalue weighted by molar-refractivity contribution is -0.122. The number of rotatable bonds is 6. The molecule has 2 aromatic rings. The minimum absolute atomic E-state index is 0.376. The second kappa shape index (κ2) is 8.98. The molecular formula is C18H25N3O4S3. The first-order valence-electron chi connectivity index (χ1n) is 9.07. The summed E-state index contributed by atoms with van der Waals surface area (Å²) in [5.74, 6) is 1.24. The summed E-state index contributed by atoms with van der Waals surface area (Å²) in [6.45, 7) is 1.09. The highest BCUT2D eigenvalue weighted by Crippen LogP contribution is 2.24. The molecule has 1 aromatic carbocycles. The summed E-state index contributed by atoms with van der Waals surface area (Å²) in [7, 11) is -1.82. The maximum atomic E-state index is 12.9. The number of amides is 1. The Morgan fingerprint density at radius 2 is 2.18 bits per heavy atom. The van der Waals surface area contributed by atoms with Crippen molar-refractivity contribution in [2.24, 2.45) is 4.99 Å². The van der Waals surface area contributed by atoms with E-state index in [1.807, 2.05) is 29.0 Å². The van der Waals surface area contributed by atoms with Gasteiger partial charge in [0.2, 0.25) is 10.0 Å². The number of aromatic nitrogens is 1. The Labute approximate surface area is 173 Å². The zero-order valence-electron chi connectivity index (χ0n) is 16.3. The average molecular weight is 444 g/mol. The minimum atomic E-state index is -3.44. The molecule has 0 saturated carbocycles. The second-order valence-corrected chi connectivity index (χ2v) is 10.6. The van der Waals surface area contributed by atoms with Crippen LogP contribution in [0.5, 0.6) is 5.75 Å². The Morgan fingerprint density at radius 1 is 1.39 bits per heavy atom. The largest absolute Gasteiger partial charge is 0.497 e. The van der Waals surface area contributed by atoms with Crippen LogP contribution in [0.3, 0.4) is 0 Å². The topological polar surface area (TPSA) is 81.0 Å². The number of nitrogens with zero attached hydrogens (tertiary/aromatic N) is 3. The molecule has 0 aliphatic carbocycles. The zero-order chi connectivity index (χ0) is 20.3. The molecule has 1 atom stereocenters. The van der Waals surface area contributed by atoms with Crippen LogP contribution in [0.4, 0.5) is 0 Å². The van der Waals surface area contributed by atoms with Gasteiger partial charge in [-0.1, -0.05) is 17.8 Å². The van der Waals surface area contributed by atoms with Crippen LogP contribution < -0.4 is 9.54 Å². The molecule has 154 valence electrons. The van der Waals surface area contributed by atoms with Crippen molar-refractivity contribution in [1.29, 1.82) is 0 Å². The number of ether oxygens (including phenoxy) is 1. The van der Waals surface area contributed by atoms with Crippen molar-refractivity contribution in [2.45, 2.75) is 31.8 Å². The normalized spacial score (nSPS) is 19.2. The molecule has 1 saturated heterocycles. The molecule has 1 fully saturated rings. The van der Waals surface area contributed by atoms with Crippen LogP contribution in [0.1, 0.15) is 19.3 Å². The summed E-state index contributed by atoms with van der Waals surface area (Å²) in [5, 5.41) is 0. The van der Waals surface area contributed by atoms with E-state index in [-0.39, 0.29) is 5.91 Å². The average Bonchev–Trinajstić information content (AvgIpc) is 3.01. The molecular weight excluding hydrogens is 418 g/mol. The van der Waals surface area contributed by atoms with Crippen molar-refractivity contribution in [3.8, 4) is 5.75 Å². The molecule has 7 nitrogen and oxygen atoms in total. The molecule has 10 heteroatoms. The van der Waals surface area contributed by atoms with Crippen molar-refractivity contribution in [2.75, 3.05) is 31.9 Å². The van der Waals surface area contributed by atoms with E-state index in [2.05, 4.69) is 4.99 Å². The monoisotopic (exact) mass is 443 g/mol.